The molecule has 0 amide bonds. The van der Waals surface area contributed by atoms with Gasteiger partial charge in [-0.25, -0.2) is 0 Å². The lowest BCUT2D eigenvalue weighted by atomic mass is 9.96. The average molecular weight is 378 g/mol. The number of carbonyl (C=O) groups is 2. The van der Waals surface area contributed by atoms with Crippen LogP contribution < -0.4 is 0 Å². The van der Waals surface area contributed by atoms with Gasteiger partial charge in [-0.1, -0.05) is 13.8 Å². The topological polar surface area (TPSA) is 89.5 Å². The maximum absolute atomic E-state index is 12.0. The predicted octanol–water partition coefficient (Wildman–Crippen LogP) is 1.45. The highest BCUT2D eigenvalue weighted by Crippen LogP contribution is 2.14. The molecule has 8 heteroatoms. The summed E-state index contributed by atoms with van der Waals surface area (Å²) in [6.45, 7) is 11.2. The molecule has 0 aliphatic rings. The van der Waals surface area contributed by atoms with E-state index in [0.29, 0.717) is 52.9 Å². The van der Waals surface area contributed by atoms with Gasteiger partial charge in [0.1, 0.15) is 13.2 Å². The molecule has 2 unspecified atom stereocenters. The Kier molecular flexibility index (Phi) is 16.4. The van der Waals surface area contributed by atoms with Crippen LogP contribution in [0.1, 0.15) is 27.7 Å². The second-order valence-electron chi connectivity index (χ2n) is 5.53. The molecule has 0 aromatic rings. The maximum atomic E-state index is 12.0. The molecular formula is C18H34O8. The molecule has 154 valence electrons. The SMILES string of the molecule is CCOCCOCCOC(=O)C(C)C(C)C(=O)OCCOCCOCC. The van der Waals surface area contributed by atoms with E-state index in [1.54, 1.807) is 13.8 Å². The zero-order valence-corrected chi connectivity index (χ0v) is 16.5. The smallest absolute Gasteiger partial charge is 0.309 e. The Balaban J connectivity index is 3.78. The van der Waals surface area contributed by atoms with E-state index >= 15 is 0 Å². The first-order valence-electron chi connectivity index (χ1n) is 9.18. The van der Waals surface area contributed by atoms with Crippen LogP contribution in [0, 0.1) is 11.8 Å². The molecule has 0 rings (SSSR count). The standard InChI is InChI=1S/C18H34O8/c1-5-21-7-9-23-11-13-25-17(19)15(3)16(4)18(20)26-14-12-24-10-8-22-6-2/h15-16H,5-14H2,1-4H3. The molecule has 0 radical (unpaired) electrons. The molecule has 0 aromatic carbocycles. The monoisotopic (exact) mass is 378 g/mol. The molecule has 26 heavy (non-hydrogen) atoms. The fourth-order valence-corrected chi connectivity index (χ4v) is 1.80. The maximum Gasteiger partial charge on any atom is 0.309 e. The van der Waals surface area contributed by atoms with Gasteiger partial charge >= 0.3 is 11.9 Å². The highest BCUT2D eigenvalue weighted by atomic mass is 16.6. The van der Waals surface area contributed by atoms with E-state index in [1.165, 1.54) is 0 Å². The Hall–Kier alpha value is -1.22. The van der Waals surface area contributed by atoms with Gasteiger partial charge in [-0.3, -0.25) is 9.59 Å². The second kappa shape index (κ2) is 17.2. The largest absolute Gasteiger partial charge is 0.463 e. The van der Waals surface area contributed by atoms with Crippen LogP contribution in [0.4, 0.5) is 0 Å². The van der Waals surface area contributed by atoms with Crippen molar-refractivity contribution >= 4 is 11.9 Å². The molecular weight excluding hydrogens is 344 g/mol. The number of esters is 2. The molecule has 2 atom stereocenters. The van der Waals surface area contributed by atoms with Crippen LogP contribution >= 0.6 is 0 Å². The zero-order chi connectivity index (χ0) is 19.6. The highest BCUT2D eigenvalue weighted by molar-refractivity contribution is 5.81. The zero-order valence-electron chi connectivity index (χ0n) is 16.5. The summed E-state index contributed by atoms with van der Waals surface area (Å²) in [5.74, 6) is -2.08. The fraction of sp³-hybridized carbons (Fsp3) is 0.889. The number of hydrogen-bond acceptors (Lipinski definition) is 8. The number of rotatable bonds is 17. The number of ether oxygens (including phenoxy) is 6. The quantitative estimate of drug-likeness (QED) is 0.278. The van der Waals surface area contributed by atoms with Crippen LogP contribution in [0.2, 0.25) is 0 Å². The highest BCUT2D eigenvalue weighted by Gasteiger charge is 2.28. The molecule has 0 bridgehead atoms. The predicted molar refractivity (Wildman–Crippen MR) is 94.9 cm³/mol. The van der Waals surface area contributed by atoms with Gasteiger partial charge in [0.15, 0.2) is 0 Å². The van der Waals surface area contributed by atoms with Crippen LogP contribution in [-0.4, -0.2) is 78.0 Å². The van der Waals surface area contributed by atoms with Crippen molar-refractivity contribution in [3.05, 3.63) is 0 Å². The normalized spacial score (nSPS) is 13.2. The molecule has 0 aromatic heterocycles. The molecule has 0 heterocycles. The third-order valence-corrected chi connectivity index (χ3v) is 3.59. The Labute approximate surface area is 156 Å². The minimum Gasteiger partial charge on any atom is -0.463 e. The van der Waals surface area contributed by atoms with E-state index in [9.17, 15) is 9.59 Å². The third-order valence-electron chi connectivity index (χ3n) is 3.59. The van der Waals surface area contributed by atoms with Gasteiger partial charge < -0.3 is 28.4 Å². The summed E-state index contributed by atoms with van der Waals surface area (Å²) in [7, 11) is 0. The summed E-state index contributed by atoms with van der Waals surface area (Å²) in [4.78, 5) is 23.9. The molecule has 0 saturated carbocycles. The van der Waals surface area contributed by atoms with Crippen molar-refractivity contribution in [1.82, 2.24) is 0 Å². The van der Waals surface area contributed by atoms with E-state index in [2.05, 4.69) is 0 Å². The van der Waals surface area contributed by atoms with Gasteiger partial charge in [-0.15, -0.1) is 0 Å². The van der Waals surface area contributed by atoms with E-state index in [-0.39, 0.29) is 13.2 Å². The van der Waals surface area contributed by atoms with Crippen LogP contribution in [0.5, 0.6) is 0 Å². The van der Waals surface area contributed by atoms with E-state index in [0.717, 1.165) is 0 Å². The van der Waals surface area contributed by atoms with Crippen molar-refractivity contribution < 1.29 is 38.0 Å². The Morgan fingerprint density at radius 3 is 1.23 bits per heavy atom. The summed E-state index contributed by atoms with van der Waals surface area (Å²) in [5.41, 5.74) is 0. The summed E-state index contributed by atoms with van der Waals surface area (Å²) in [6.07, 6.45) is 0. The van der Waals surface area contributed by atoms with Gasteiger partial charge in [-0.2, -0.15) is 0 Å². The lowest BCUT2D eigenvalue weighted by Crippen LogP contribution is -2.30. The first kappa shape index (κ1) is 24.8. The molecule has 0 saturated heterocycles. The van der Waals surface area contributed by atoms with Crippen LogP contribution in [0.3, 0.4) is 0 Å². The van der Waals surface area contributed by atoms with Crippen molar-refractivity contribution in [3.8, 4) is 0 Å². The summed E-state index contributed by atoms with van der Waals surface area (Å²) < 4.78 is 31.0. The minimum atomic E-state index is -0.593. The second-order valence-corrected chi connectivity index (χ2v) is 5.53. The minimum absolute atomic E-state index is 0.144. The van der Waals surface area contributed by atoms with E-state index in [4.69, 9.17) is 28.4 Å². The number of carbonyl (C=O) groups excluding carboxylic acids is 2. The first-order valence-corrected chi connectivity index (χ1v) is 9.18. The van der Waals surface area contributed by atoms with Crippen molar-refractivity contribution in [1.29, 1.82) is 0 Å². The molecule has 0 aliphatic carbocycles. The van der Waals surface area contributed by atoms with Crippen LogP contribution in [0.25, 0.3) is 0 Å². The summed E-state index contributed by atoms with van der Waals surface area (Å²) in [6, 6.07) is 0. The fourth-order valence-electron chi connectivity index (χ4n) is 1.80. The third kappa shape index (κ3) is 13.0. The molecule has 0 fully saturated rings. The average Bonchev–Trinajstić information content (AvgIpc) is 2.64. The molecule has 0 spiro atoms. The van der Waals surface area contributed by atoms with Crippen molar-refractivity contribution in [2.75, 3.05) is 66.1 Å². The first-order chi connectivity index (χ1) is 12.5. The summed E-state index contributed by atoms with van der Waals surface area (Å²) in [5, 5.41) is 0. The van der Waals surface area contributed by atoms with Gasteiger partial charge in [0, 0.05) is 13.2 Å². The molecule has 0 aliphatic heterocycles. The lowest BCUT2D eigenvalue weighted by Gasteiger charge is -2.17. The van der Waals surface area contributed by atoms with E-state index in [1.807, 2.05) is 13.8 Å². The van der Waals surface area contributed by atoms with Crippen molar-refractivity contribution in [3.63, 3.8) is 0 Å². The Morgan fingerprint density at radius 2 is 0.885 bits per heavy atom. The lowest BCUT2D eigenvalue weighted by molar-refractivity contribution is -0.161. The van der Waals surface area contributed by atoms with Gasteiger partial charge in [-0.05, 0) is 13.8 Å². The van der Waals surface area contributed by atoms with Crippen molar-refractivity contribution in [2.45, 2.75) is 27.7 Å². The van der Waals surface area contributed by atoms with Gasteiger partial charge in [0.2, 0.25) is 0 Å². The van der Waals surface area contributed by atoms with Crippen LogP contribution in [0.15, 0.2) is 0 Å². The molecule has 0 N–H and O–H groups in total. The van der Waals surface area contributed by atoms with Gasteiger partial charge in [0.05, 0.1) is 51.5 Å². The summed E-state index contributed by atoms with van der Waals surface area (Å²) >= 11 is 0. The number of hydrogen-bond donors (Lipinski definition) is 0. The van der Waals surface area contributed by atoms with Crippen molar-refractivity contribution in [2.24, 2.45) is 11.8 Å². The van der Waals surface area contributed by atoms with E-state index < -0.39 is 23.8 Å². The van der Waals surface area contributed by atoms with Crippen LogP contribution in [-0.2, 0) is 38.0 Å². The van der Waals surface area contributed by atoms with Gasteiger partial charge in [0.25, 0.3) is 0 Å². The molecule has 8 nitrogen and oxygen atoms in total. The Morgan fingerprint density at radius 1 is 0.577 bits per heavy atom. The Bertz CT molecular complexity index is 327.